The normalized spacial score (nSPS) is 14.1. The van der Waals surface area contributed by atoms with Crippen molar-refractivity contribution in [1.82, 2.24) is 30.5 Å². The first kappa shape index (κ1) is 36.6. The van der Waals surface area contributed by atoms with Crippen LogP contribution in [0.1, 0.15) is 29.8 Å². The van der Waals surface area contributed by atoms with E-state index in [-0.39, 0.29) is 48.8 Å². The van der Waals surface area contributed by atoms with Crippen LogP contribution in [0.4, 0.5) is 13.2 Å². The summed E-state index contributed by atoms with van der Waals surface area (Å²) < 4.78 is 44.3. The third-order valence-electron chi connectivity index (χ3n) is 6.50. The summed E-state index contributed by atoms with van der Waals surface area (Å²) in [6, 6.07) is 11.8. The van der Waals surface area contributed by atoms with Crippen LogP contribution in [0.25, 0.3) is 6.08 Å². The molecule has 16 heteroatoms. The molecule has 1 aliphatic rings. The first-order valence-corrected chi connectivity index (χ1v) is 13.7. The number of likely N-dealkylation sites (tertiary alicyclic amines) is 1. The number of hydrogen-bond donors (Lipinski definition) is 2. The van der Waals surface area contributed by atoms with Crippen molar-refractivity contribution in [3.05, 3.63) is 89.1 Å². The zero-order chi connectivity index (χ0) is 30.8. The molecule has 2 aromatic heterocycles. The highest BCUT2D eigenvalue weighted by atomic mass is 35.5. The van der Waals surface area contributed by atoms with Crippen LogP contribution < -0.4 is 15.4 Å². The third kappa shape index (κ3) is 11.4. The Balaban J connectivity index is 0.00000353. The summed E-state index contributed by atoms with van der Waals surface area (Å²) in [5.74, 6) is -1.61. The molecule has 0 radical (unpaired) electrons. The number of benzene rings is 1. The van der Waals surface area contributed by atoms with Crippen LogP contribution in [0.5, 0.6) is 5.88 Å². The van der Waals surface area contributed by atoms with Crippen molar-refractivity contribution in [2.45, 2.75) is 37.6 Å². The number of pyridine rings is 1. The molecule has 242 valence electrons. The predicted molar refractivity (Wildman–Crippen MR) is 158 cm³/mol. The van der Waals surface area contributed by atoms with Gasteiger partial charge in [-0.1, -0.05) is 29.8 Å². The third-order valence-corrected chi connectivity index (χ3v) is 6.75. The Hall–Kier alpha value is -4.60. The topological polar surface area (TPSA) is 189 Å². The van der Waals surface area contributed by atoms with Gasteiger partial charge in [0.05, 0.1) is 6.54 Å². The summed E-state index contributed by atoms with van der Waals surface area (Å²) in [6.45, 7) is 0.251. The van der Waals surface area contributed by atoms with E-state index in [1.54, 1.807) is 54.7 Å². The second-order valence-corrected chi connectivity index (χ2v) is 10.1. The van der Waals surface area contributed by atoms with Gasteiger partial charge in [-0.05, 0) is 35.9 Å². The zero-order valence-corrected chi connectivity index (χ0v) is 24.5. The molecular weight excluding hydrogens is 621 g/mol. The molecule has 1 atom stereocenters. The standard InChI is InChI=1S/C29H28ClF3N6O4.2H2O/c30-20-7-4-19(5-8-20)6-9-25(40)38-23(15-21-3-1-2-12-34-21)28(42)35-17-27(41)39-13-10-22(11-14-39)43-26-16-24(29(31,32)33)36-18-37-26;;/h1-9,12,16,18,22-23H,10-11,13-15,17H2,(H,35,42)(H,38,40);2*1H2/b9-6+;;/t23-;;/m0../s1. The van der Waals surface area contributed by atoms with Crippen molar-refractivity contribution in [3.8, 4) is 5.88 Å². The number of hydrogen-bond acceptors (Lipinski definition) is 7. The first-order valence-electron chi connectivity index (χ1n) is 13.3. The Bertz CT molecular complexity index is 1440. The number of ether oxygens (including phenoxy) is 1. The lowest BCUT2D eigenvalue weighted by atomic mass is 10.1. The molecule has 4 rings (SSSR count). The number of rotatable bonds is 10. The van der Waals surface area contributed by atoms with E-state index in [1.165, 1.54) is 11.0 Å². The van der Waals surface area contributed by atoms with Gasteiger partial charge in [0.1, 0.15) is 18.5 Å². The quantitative estimate of drug-likeness (QED) is 0.312. The minimum Gasteiger partial charge on any atom is -0.474 e. The Morgan fingerprint density at radius 2 is 1.76 bits per heavy atom. The van der Waals surface area contributed by atoms with Crippen LogP contribution >= 0.6 is 11.6 Å². The molecule has 12 nitrogen and oxygen atoms in total. The van der Waals surface area contributed by atoms with Crippen LogP contribution in [0.15, 0.2) is 67.1 Å². The molecule has 3 heterocycles. The molecule has 45 heavy (non-hydrogen) atoms. The van der Waals surface area contributed by atoms with Crippen molar-refractivity contribution in [1.29, 1.82) is 0 Å². The summed E-state index contributed by atoms with van der Waals surface area (Å²) in [6.07, 6.45) is 1.02. The fraction of sp³-hybridized carbons (Fsp3) is 0.310. The number of carbonyl (C=O) groups is 3. The van der Waals surface area contributed by atoms with E-state index in [2.05, 4.69) is 25.6 Å². The highest BCUT2D eigenvalue weighted by molar-refractivity contribution is 6.30. The second-order valence-electron chi connectivity index (χ2n) is 9.63. The Kier molecular flexibility index (Phi) is 13.9. The van der Waals surface area contributed by atoms with E-state index in [9.17, 15) is 27.6 Å². The molecule has 0 aliphatic carbocycles. The molecule has 0 bridgehead atoms. The van der Waals surface area contributed by atoms with E-state index >= 15 is 0 Å². The lowest BCUT2D eigenvalue weighted by Gasteiger charge is -2.32. The lowest BCUT2D eigenvalue weighted by molar-refractivity contribution is -0.141. The monoisotopic (exact) mass is 652 g/mol. The molecule has 6 N–H and O–H groups in total. The Morgan fingerprint density at radius 1 is 1.04 bits per heavy atom. The number of alkyl halides is 3. The van der Waals surface area contributed by atoms with E-state index in [1.807, 2.05) is 0 Å². The average molecular weight is 653 g/mol. The highest BCUT2D eigenvalue weighted by Crippen LogP contribution is 2.29. The van der Waals surface area contributed by atoms with Crippen LogP contribution in [-0.2, 0) is 27.0 Å². The second kappa shape index (κ2) is 17.0. The van der Waals surface area contributed by atoms with Crippen molar-refractivity contribution in [2.24, 2.45) is 0 Å². The molecule has 1 saturated heterocycles. The largest absolute Gasteiger partial charge is 0.474 e. The maximum atomic E-state index is 13.1. The van der Waals surface area contributed by atoms with Crippen molar-refractivity contribution in [3.63, 3.8) is 0 Å². The van der Waals surface area contributed by atoms with E-state index in [0.29, 0.717) is 23.6 Å². The van der Waals surface area contributed by atoms with E-state index in [4.69, 9.17) is 16.3 Å². The lowest BCUT2D eigenvalue weighted by Crippen LogP contribution is -2.51. The summed E-state index contributed by atoms with van der Waals surface area (Å²) in [7, 11) is 0. The minimum atomic E-state index is -4.62. The molecule has 1 aromatic carbocycles. The van der Waals surface area contributed by atoms with E-state index < -0.39 is 35.8 Å². The number of piperidine rings is 1. The molecule has 3 aromatic rings. The first-order chi connectivity index (χ1) is 20.6. The number of amides is 3. The van der Waals surface area contributed by atoms with Gasteiger partial charge < -0.3 is 31.2 Å². The number of nitrogens with one attached hydrogen (secondary N) is 2. The molecule has 0 spiro atoms. The summed E-state index contributed by atoms with van der Waals surface area (Å²) >= 11 is 5.89. The fourth-order valence-electron chi connectivity index (χ4n) is 4.25. The maximum Gasteiger partial charge on any atom is 0.433 e. The number of carbonyl (C=O) groups excluding carboxylic acids is 3. The summed E-state index contributed by atoms with van der Waals surface area (Å²) in [4.78, 5) is 51.2. The van der Waals surface area contributed by atoms with Gasteiger partial charge in [0.15, 0.2) is 5.69 Å². The minimum absolute atomic E-state index is 0. The molecule has 1 fully saturated rings. The van der Waals surface area contributed by atoms with Gasteiger partial charge in [-0.3, -0.25) is 19.4 Å². The molecule has 1 aliphatic heterocycles. The number of halogens is 4. The van der Waals surface area contributed by atoms with Gasteiger partial charge in [-0.25, -0.2) is 9.97 Å². The molecule has 0 saturated carbocycles. The number of nitrogens with zero attached hydrogens (tertiary/aromatic N) is 4. The van der Waals surface area contributed by atoms with Gasteiger partial charge in [0.2, 0.25) is 23.6 Å². The fourth-order valence-corrected chi connectivity index (χ4v) is 4.38. The van der Waals surface area contributed by atoms with Crippen molar-refractivity contribution in [2.75, 3.05) is 19.6 Å². The van der Waals surface area contributed by atoms with E-state index in [0.717, 1.165) is 18.0 Å². The summed E-state index contributed by atoms with van der Waals surface area (Å²) in [5.41, 5.74) is 0.216. The van der Waals surface area contributed by atoms with Gasteiger partial charge >= 0.3 is 6.18 Å². The molecular formula is C29H32ClF3N6O6. The van der Waals surface area contributed by atoms with Gasteiger partial charge in [0, 0.05) is 61.4 Å². The SMILES string of the molecule is O.O.O=C(/C=C/c1ccc(Cl)cc1)N[C@@H](Cc1ccccn1)C(=O)NCC(=O)N1CCC(Oc2cc(C(F)(F)F)ncn2)CC1. The van der Waals surface area contributed by atoms with Crippen molar-refractivity contribution < 1.29 is 43.2 Å². The van der Waals surface area contributed by atoms with Gasteiger partial charge in [-0.15, -0.1) is 0 Å². The molecule has 0 unspecified atom stereocenters. The van der Waals surface area contributed by atoms with Gasteiger partial charge in [0.25, 0.3) is 0 Å². The zero-order valence-electron chi connectivity index (χ0n) is 23.8. The Labute approximate surface area is 261 Å². The van der Waals surface area contributed by atoms with Crippen LogP contribution in [0.3, 0.4) is 0 Å². The molecule has 3 amide bonds. The van der Waals surface area contributed by atoms with Gasteiger partial charge in [-0.2, -0.15) is 13.2 Å². The smallest absolute Gasteiger partial charge is 0.433 e. The van der Waals surface area contributed by atoms with Crippen LogP contribution in [0, 0.1) is 0 Å². The maximum absolute atomic E-state index is 13.1. The van der Waals surface area contributed by atoms with Crippen molar-refractivity contribution >= 4 is 35.4 Å². The summed E-state index contributed by atoms with van der Waals surface area (Å²) in [5, 5.41) is 5.82. The van der Waals surface area contributed by atoms with Crippen LogP contribution in [0.2, 0.25) is 5.02 Å². The van der Waals surface area contributed by atoms with Crippen LogP contribution in [-0.4, -0.2) is 80.3 Å². The predicted octanol–water partition coefficient (Wildman–Crippen LogP) is 1.82. The average Bonchev–Trinajstić information content (AvgIpc) is 3.00. The highest BCUT2D eigenvalue weighted by Gasteiger charge is 2.33. The number of aromatic nitrogens is 3. The Morgan fingerprint density at radius 3 is 2.40 bits per heavy atom.